The molecule has 2 nitrogen and oxygen atoms in total. The number of halogens is 1. The maximum Gasteiger partial charge on any atom is 0.133 e. The highest BCUT2D eigenvalue weighted by atomic mass is 79.9. The molecule has 0 radical (unpaired) electrons. The summed E-state index contributed by atoms with van der Waals surface area (Å²) in [4.78, 5) is 0. The molecule has 0 amide bonds. The van der Waals surface area contributed by atoms with E-state index in [0.717, 1.165) is 22.1 Å². The molecule has 1 aromatic carbocycles. The minimum absolute atomic E-state index is 0.612. The Kier molecular flexibility index (Phi) is 5.14. The molecular formula is C16H24BrNO. The number of hydrogen-bond donors (Lipinski definition) is 1. The first kappa shape index (κ1) is 14.7. The van der Waals surface area contributed by atoms with Gasteiger partial charge < -0.3 is 10.1 Å². The van der Waals surface area contributed by atoms with Gasteiger partial charge in [-0.1, -0.05) is 26.7 Å². The molecule has 1 N–H and O–H groups in total. The summed E-state index contributed by atoms with van der Waals surface area (Å²) in [6.45, 7) is 4.69. The minimum atomic E-state index is 0.612. The van der Waals surface area contributed by atoms with Crippen molar-refractivity contribution in [3.8, 4) is 5.75 Å². The van der Waals surface area contributed by atoms with E-state index in [0.29, 0.717) is 6.04 Å². The quantitative estimate of drug-likeness (QED) is 0.833. The van der Waals surface area contributed by atoms with Crippen LogP contribution in [0.1, 0.15) is 39.5 Å². The molecule has 1 fully saturated rings. The van der Waals surface area contributed by atoms with E-state index < -0.39 is 0 Å². The Morgan fingerprint density at radius 1 is 1.32 bits per heavy atom. The van der Waals surface area contributed by atoms with E-state index in [2.05, 4.69) is 47.2 Å². The van der Waals surface area contributed by atoms with Crippen LogP contribution < -0.4 is 10.1 Å². The topological polar surface area (TPSA) is 21.3 Å². The van der Waals surface area contributed by atoms with Crippen molar-refractivity contribution in [1.82, 2.24) is 0 Å². The number of methoxy groups -OCH3 is 1. The lowest BCUT2D eigenvalue weighted by atomic mass is 9.79. The molecule has 19 heavy (non-hydrogen) atoms. The van der Waals surface area contributed by atoms with E-state index in [1.165, 1.54) is 31.4 Å². The summed E-state index contributed by atoms with van der Waals surface area (Å²) in [6, 6.07) is 6.83. The first-order valence-electron chi connectivity index (χ1n) is 7.20. The number of benzene rings is 1. The second-order valence-electron chi connectivity index (χ2n) is 5.86. The molecule has 0 bridgehead atoms. The van der Waals surface area contributed by atoms with Gasteiger partial charge in [0.15, 0.2) is 0 Å². The third-order valence-corrected chi connectivity index (χ3v) is 4.80. The third-order valence-electron chi connectivity index (χ3n) is 4.18. The second-order valence-corrected chi connectivity index (χ2v) is 6.72. The van der Waals surface area contributed by atoms with Gasteiger partial charge in [-0.25, -0.2) is 0 Å². The van der Waals surface area contributed by atoms with E-state index in [9.17, 15) is 0 Å². The molecule has 2 unspecified atom stereocenters. The van der Waals surface area contributed by atoms with Gasteiger partial charge in [-0.05, 0) is 58.8 Å². The normalized spacial score (nSPS) is 23.4. The molecule has 1 saturated carbocycles. The zero-order chi connectivity index (χ0) is 13.8. The van der Waals surface area contributed by atoms with Crippen LogP contribution in [0, 0.1) is 11.8 Å². The molecule has 0 aliphatic heterocycles. The second kappa shape index (κ2) is 6.65. The number of anilines is 1. The van der Waals surface area contributed by atoms with E-state index in [-0.39, 0.29) is 0 Å². The summed E-state index contributed by atoms with van der Waals surface area (Å²) in [5.41, 5.74) is 1.18. The van der Waals surface area contributed by atoms with Crippen LogP contribution in [0.2, 0.25) is 0 Å². The monoisotopic (exact) mass is 325 g/mol. The molecule has 1 aliphatic rings. The van der Waals surface area contributed by atoms with E-state index in [1.54, 1.807) is 7.11 Å². The Bertz CT molecular complexity index is 419. The fourth-order valence-corrected chi connectivity index (χ4v) is 3.50. The first-order valence-corrected chi connectivity index (χ1v) is 7.99. The van der Waals surface area contributed by atoms with Crippen molar-refractivity contribution in [2.75, 3.05) is 12.4 Å². The third kappa shape index (κ3) is 3.88. The van der Waals surface area contributed by atoms with E-state index in [4.69, 9.17) is 4.74 Å². The van der Waals surface area contributed by atoms with Crippen LogP contribution >= 0.6 is 15.9 Å². The lowest BCUT2D eigenvalue weighted by Crippen LogP contribution is -2.29. The highest BCUT2D eigenvalue weighted by Gasteiger charge is 2.24. The van der Waals surface area contributed by atoms with E-state index in [1.807, 2.05) is 6.07 Å². The first-order chi connectivity index (χ1) is 9.10. The van der Waals surface area contributed by atoms with Crippen molar-refractivity contribution in [2.24, 2.45) is 11.8 Å². The summed E-state index contributed by atoms with van der Waals surface area (Å²) in [5.74, 6) is 2.55. The Balaban J connectivity index is 1.98. The average molecular weight is 326 g/mol. The molecule has 2 rings (SSSR count). The van der Waals surface area contributed by atoms with Gasteiger partial charge in [-0.15, -0.1) is 0 Å². The Labute approximate surface area is 125 Å². The summed E-state index contributed by atoms with van der Waals surface area (Å²) in [7, 11) is 1.70. The molecule has 1 aromatic rings. The maximum absolute atomic E-state index is 5.26. The molecule has 0 aromatic heterocycles. The van der Waals surface area contributed by atoms with Crippen LogP contribution in [-0.2, 0) is 0 Å². The lowest BCUT2D eigenvalue weighted by molar-refractivity contribution is 0.264. The number of nitrogens with one attached hydrogen (secondary N) is 1. The van der Waals surface area contributed by atoms with Gasteiger partial charge >= 0.3 is 0 Å². The Morgan fingerprint density at radius 2 is 2.11 bits per heavy atom. The molecule has 106 valence electrons. The number of ether oxygens (including phenoxy) is 1. The van der Waals surface area contributed by atoms with Crippen LogP contribution in [-0.4, -0.2) is 13.2 Å². The van der Waals surface area contributed by atoms with Crippen LogP contribution in [0.5, 0.6) is 5.75 Å². The minimum Gasteiger partial charge on any atom is -0.496 e. The Morgan fingerprint density at radius 3 is 2.74 bits per heavy atom. The molecule has 0 saturated heterocycles. The summed E-state index contributed by atoms with van der Waals surface area (Å²) < 4.78 is 6.27. The van der Waals surface area contributed by atoms with Crippen molar-refractivity contribution >= 4 is 21.6 Å². The number of hydrogen-bond acceptors (Lipinski definition) is 2. The largest absolute Gasteiger partial charge is 0.496 e. The van der Waals surface area contributed by atoms with Gasteiger partial charge in [0.1, 0.15) is 5.75 Å². The molecule has 1 aliphatic carbocycles. The van der Waals surface area contributed by atoms with Gasteiger partial charge in [0, 0.05) is 11.7 Å². The standard InChI is InChI=1S/C16H24BrNO/c1-11(2)12-5-4-6-13(9-12)18-14-7-8-16(19-3)15(17)10-14/h7-8,10-13,18H,4-6,9H2,1-3H3. The van der Waals surface area contributed by atoms with Gasteiger partial charge in [0.25, 0.3) is 0 Å². The maximum atomic E-state index is 5.26. The van der Waals surface area contributed by atoms with Gasteiger partial charge in [0.05, 0.1) is 11.6 Å². The summed E-state index contributed by atoms with van der Waals surface area (Å²) in [5, 5.41) is 3.67. The van der Waals surface area contributed by atoms with Gasteiger partial charge in [-0.3, -0.25) is 0 Å². The summed E-state index contributed by atoms with van der Waals surface area (Å²) in [6.07, 6.45) is 5.31. The van der Waals surface area contributed by atoms with Crippen LogP contribution in [0.25, 0.3) is 0 Å². The fraction of sp³-hybridized carbons (Fsp3) is 0.625. The van der Waals surface area contributed by atoms with Crippen molar-refractivity contribution in [1.29, 1.82) is 0 Å². The van der Waals surface area contributed by atoms with Crippen molar-refractivity contribution in [2.45, 2.75) is 45.6 Å². The van der Waals surface area contributed by atoms with Gasteiger partial charge in [-0.2, -0.15) is 0 Å². The SMILES string of the molecule is COc1ccc(NC2CCCC(C(C)C)C2)cc1Br. The molecular weight excluding hydrogens is 302 g/mol. The smallest absolute Gasteiger partial charge is 0.133 e. The summed E-state index contributed by atoms with van der Waals surface area (Å²) >= 11 is 3.54. The molecule has 3 heteroatoms. The highest BCUT2D eigenvalue weighted by molar-refractivity contribution is 9.10. The predicted octanol–water partition coefficient (Wildman–Crippen LogP) is 5.08. The molecule has 2 atom stereocenters. The number of rotatable bonds is 4. The Hall–Kier alpha value is -0.700. The molecule has 0 heterocycles. The highest BCUT2D eigenvalue weighted by Crippen LogP contribution is 2.33. The molecule has 0 spiro atoms. The van der Waals surface area contributed by atoms with E-state index >= 15 is 0 Å². The van der Waals surface area contributed by atoms with Crippen LogP contribution in [0.15, 0.2) is 22.7 Å². The van der Waals surface area contributed by atoms with Gasteiger partial charge in [0.2, 0.25) is 0 Å². The van der Waals surface area contributed by atoms with Crippen LogP contribution in [0.4, 0.5) is 5.69 Å². The lowest BCUT2D eigenvalue weighted by Gasteiger charge is -2.32. The zero-order valence-electron chi connectivity index (χ0n) is 12.1. The van der Waals surface area contributed by atoms with Crippen LogP contribution in [0.3, 0.4) is 0 Å². The zero-order valence-corrected chi connectivity index (χ0v) is 13.7. The average Bonchev–Trinajstić information content (AvgIpc) is 2.39. The predicted molar refractivity (Wildman–Crippen MR) is 84.9 cm³/mol. The van der Waals surface area contributed by atoms with Crippen molar-refractivity contribution in [3.05, 3.63) is 22.7 Å². The van der Waals surface area contributed by atoms with Crippen molar-refractivity contribution in [3.63, 3.8) is 0 Å². The fourth-order valence-electron chi connectivity index (χ4n) is 2.96. The van der Waals surface area contributed by atoms with Crippen molar-refractivity contribution < 1.29 is 4.74 Å².